The number of hydrogen-bond donors (Lipinski definition) is 1. The number of para-hydroxylation sites is 1. The molecule has 0 fully saturated rings. The number of ether oxygens (including phenoxy) is 3. The van der Waals surface area contributed by atoms with E-state index in [1.165, 1.54) is 0 Å². The zero-order chi connectivity index (χ0) is 20.8. The Hall–Kier alpha value is -3.84. The van der Waals surface area contributed by atoms with Gasteiger partial charge < -0.3 is 14.2 Å². The van der Waals surface area contributed by atoms with Crippen molar-refractivity contribution in [2.45, 2.75) is 0 Å². The summed E-state index contributed by atoms with van der Waals surface area (Å²) in [4.78, 5) is 16.5. The minimum absolute atomic E-state index is 0.488. The summed E-state index contributed by atoms with van der Waals surface area (Å²) in [6.07, 6.45) is 1.22. The molecule has 4 aromatic rings. The second-order valence-electron chi connectivity index (χ2n) is 6.48. The molecule has 0 aliphatic carbocycles. The Morgan fingerprint density at radius 1 is 0.967 bits per heavy atom. The van der Waals surface area contributed by atoms with E-state index < -0.39 is 6.09 Å². The highest BCUT2D eigenvalue weighted by Gasteiger charge is 2.08. The number of methoxy groups -OCH3 is 1. The summed E-state index contributed by atoms with van der Waals surface area (Å²) in [5.74, 6) is 1.24. The van der Waals surface area contributed by atoms with Crippen LogP contribution in [0.15, 0.2) is 79.1 Å². The Morgan fingerprint density at radius 3 is 2.53 bits per heavy atom. The van der Waals surface area contributed by atoms with Crippen LogP contribution in [0.3, 0.4) is 0 Å². The number of fused-ring (bicyclic) bond motifs is 1. The first-order valence-electron chi connectivity index (χ1n) is 9.46. The van der Waals surface area contributed by atoms with Crippen molar-refractivity contribution < 1.29 is 19.0 Å². The molecule has 0 bridgehead atoms. The lowest BCUT2D eigenvalue weighted by Crippen LogP contribution is -2.16. The Balaban J connectivity index is 1.44. The molecule has 0 saturated heterocycles. The minimum atomic E-state index is -0.539. The number of rotatable bonds is 7. The van der Waals surface area contributed by atoms with Crippen LogP contribution in [0.2, 0.25) is 0 Å². The third-order valence-corrected chi connectivity index (χ3v) is 4.42. The highest BCUT2D eigenvalue weighted by atomic mass is 16.6. The molecule has 1 heterocycles. The largest absolute Gasteiger partial charge is 0.491 e. The first kappa shape index (κ1) is 19.5. The van der Waals surface area contributed by atoms with Crippen LogP contribution in [0.4, 0.5) is 10.5 Å². The first-order chi connectivity index (χ1) is 14.7. The van der Waals surface area contributed by atoms with Crippen LogP contribution in [0.1, 0.15) is 0 Å². The third kappa shape index (κ3) is 4.59. The van der Waals surface area contributed by atoms with E-state index in [0.29, 0.717) is 24.7 Å². The summed E-state index contributed by atoms with van der Waals surface area (Å²) in [5.41, 5.74) is 3.35. The summed E-state index contributed by atoms with van der Waals surface area (Å²) in [6, 6.07) is 22.1. The van der Waals surface area contributed by atoms with E-state index in [1.54, 1.807) is 25.6 Å². The molecule has 4 rings (SSSR count). The number of imidazole rings is 1. The predicted molar refractivity (Wildman–Crippen MR) is 115 cm³/mol. The summed E-state index contributed by atoms with van der Waals surface area (Å²) in [5, 5.41) is 2.72. The van der Waals surface area contributed by atoms with Crippen molar-refractivity contribution in [2.24, 2.45) is 0 Å². The molecule has 1 amide bonds. The number of amides is 1. The molecule has 0 aliphatic heterocycles. The van der Waals surface area contributed by atoms with Gasteiger partial charge in [0.15, 0.2) is 0 Å². The first-order valence-corrected chi connectivity index (χ1v) is 9.46. The smallest absolute Gasteiger partial charge is 0.417 e. The Kier molecular flexibility index (Phi) is 5.91. The fourth-order valence-corrected chi connectivity index (χ4v) is 2.98. The molecule has 0 saturated carbocycles. The zero-order valence-corrected chi connectivity index (χ0v) is 16.4. The van der Waals surface area contributed by atoms with E-state index in [9.17, 15) is 4.79 Å². The van der Waals surface area contributed by atoms with Gasteiger partial charge in [0, 0.05) is 24.6 Å². The molecule has 0 aliphatic rings. The van der Waals surface area contributed by atoms with E-state index in [0.717, 1.165) is 22.5 Å². The quantitative estimate of drug-likeness (QED) is 0.454. The lowest BCUT2D eigenvalue weighted by Gasteiger charge is -2.09. The van der Waals surface area contributed by atoms with Crippen LogP contribution in [0.25, 0.3) is 16.7 Å². The topological polar surface area (TPSA) is 74.6 Å². The zero-order valence-electron chi connectivity index (χ0n) is 16.4. The van der Waals surface area contributed by atoms with Crippen LogP contribution in [-0.2, 0) is 4.74 Å². The van der Waals surface area contributed by atoms with Crippen LogP contribution < -0.4 is 14.8 Å². The maximum Gasteiger partial charge on any atom is 0.417 e. The standard InChI is InChI=1S/C23H21N3O4/c1-28-13-14-29-20-11-12-22-21(15-20)24-16-26(22)18-9-7-17(8-10-18)25-23(27)30-19-5-3-2-4-6-19/h2-12,15-16H,13-14H2,1H3,(H,25,27). The van der Waals surface area contributed by atoms with Crippen molar-refractivity contribution in [1.29, 1.82) is 0 Å². The molecule has 0 spiro atoms. The molecule has 3 aromatic carbocycles. The summed E-state index contributed by atoms with van der Waals surface area (Å²) >= 11 is 0. The van der Waals surface area contributed by atoms with Crippen LogP contribution >= 0.6 is 0 Å². The monoisotopic (exact) mass is 403 g/mol. The van der Waals surface area contributed by atoms with E-state index in [2.05, 4.69) is 10.3 Å². The normalized spacial score (nSPS) is 10.7. The minimum Gasteiger partial charge on any atom is -0.491 e. The number of carbonyl (C=O) groups excluding carboxylic acids is 1. The molecular weight excluding hydrogens is 382 g/mol. The van der Waals surface area contributed by atoms with Gasteiger partial charge in [0.25, 0.3) is 0 Å². The Bertz CT molecular complexity index is 1120. The Morgan fingerprint density at radius 2 is 1.77 bits per heavy atom. The summed E-state index contributed by atoms with van der Waals surface area (Å²) in [7, 11) is 1.64. The fourth-order valence-electron chi connectivity index (χ4n) is 2.98. The number of nitrogens with zero attached hydrogens (tertiary/aromatic N) is 2. The van der Waals surface area contributed by atoms with E-state index >= 15 is 0 Å². The van der Waals surface area contributed by atoms with Crippen molar-refractivity contribution >= 4 is 22.8 Å². The molecule has 1 aromatic heterocycles. The molecule has 0 atom stereocenters. The van der Waals surface area contributed by atoms with Gasteiger partial charge in [-0.2, -0.15) is 0 Å². The maximum atomic E-state index is 12.0. The van der Waals surface area contributed by atoms with Crippen molar-refractivity contribution in [3.8, 4) is 17.2 Å². The van der Waals surface area contributed by atoms with Crippen LogP contribution in [0, 0.1) is 0 Å². The van der Waals surface area contributed by atoms with Crippen LogP contribution in [-0.4, -0.2) is 36.0 Å². The van der Waals surface area contributed by atoms with Gasteiger partial charge in [0.1, 0.15) is 24.4 Å². The van der Waals surface area contributed by atoms with Crippen molar-refractivity contribution in [3.05, 3.63) is 79.1 Å². The highest BCUT2D eigenvalue weighted by Crippen LogP contribution is 2.24. The number of hydrogen-bond acceptors (Lipinski definition) is 5. The van der Waals surface area contributed by atoms with Gasteiger partial charge in [0.05, 0.1) is 17.6 Å². The number of anilines is 1. The summed E-state index contributed by atoms with van der Waals surface area (Å²) in [6.45, 7) is 1.02. The van der Waals surface area contributed by atoms with Gasteiger partial charge in [-0.15, -0.1) is 0 Å². The SMILES string of the molecule is COCCOc1ccc2c(c1)ncn2-c1ccc(NC(=O)Oc2ccccc2)cc1. The van der Waals surface area contributed by atoms with Crippen molar-refractivity contribution in [2.75, 3.05) is 25.6 Å². The molecule has 1 N–H and O–H groups in total. The van der Waals surface area contributed by atoms with Gasteiger partial charge in [-0.1, -0.05) is 18.2 Å². The van der Waals surface area contributed by atoms with E-state index in [-0.39, 0.29) is 0 Å². The van der Waals surface area contributed by atoms with Gasteiger partial charge in [-0.05, 0) is 48.5 Å². The predicted octanol–water partition coefficient (Wildman–Crippen LogP) is 4.66. The molecule has 152 valence electrons. The van der Waals surface area contributed by atoms with Crippen molar-refractivity contribution in [3.63, 3.8) is 0 Å². The Labute approximate surface area is 173 Å². The second kappa shape index (κ2) is 9.11. The highest BCUT2D eigenvalue weighted by molar-refractivity contribution is 5.86. The molecule has 0 radical (unpaired) electrons. The number of nitrogens with one attached hydrogen (secondary N) is 1. The maximum absolute atomic E-state index is 12.0. The molecule has 30 heavy (non-hydrogen) atoms. The lowest BCUT2D eigenvalue weighted by molar-refractivity contribution is 0.146. The lowest BCUT2D eigenvalue weighted by atomic mass is 10.2. The number of aromatic nitrogens is 2. The third-order valence-electron chi connectivity index (χ3n) is 4.42. The van der Waals surface area contributed by atoms with E-state index in [1.807, 2.05) is 65.2 Å². The van der Waals surface area contributed by atoms with Gasteiger partial charge in [-0.25, -0.2) is 9.78 Å². The fraction of sp³-hybridized carbons (Fsp3) is 0.130. The number of carbonyl (C=O) groups is 1. The average molecular weight is 403 g/mol. The molecule has 0 unspecified atom stereocenters. The van der Waals surface area contributed by atoms with Gasteiger partial charge in [-0.3, -0.25) is 9.88 Å². The van der Waals surface area contributed by atoms with Crippen LogP contribution in [0.5, 0.6) is 11.5 Å². The molecule has 7 heteroatoms. The average Bonchev–Trinajstić information content (AvgIpc) is 3.18. The van der Waals surface area contributed by atoms with Gasteiger partial charge >= 0.3 is 6.09 Å². The second-order valence-corrected chi connectivity index (χ2v) is 6.48. The molecule has 7 nitrogen and oxygen atoms in total. The van der Waals surface area contributed by atoms with E-state index in [4.69, 9.17) is 14.2 Å². The van der Waals surface area contributed by atoms with Gasteiger partial charge in [0.2, 0.25) is 0 Å². The number of benzene rings is 3. The molecular formula is C23H21N3O4. The van der Waals surface area contributed by atoms with Crippen molar-refractivity contribution in [1.82, 2.24) is 9.55 Å². The summed E-state index contributed by atoms with van der Waals surface area (Å²) < 4.78 is 17.8.